The summed E-state index contributed by atoms with van der Waals surface area (Å²) in [6.45, 7) is 5.43. The molecule has 3 N–H and O–H groups in total. The lowest BCUT2D eigenvalue weighted by molar-refractivity contribution is -0.122. The number of piperidine rings is 1. The van der Waals surface area contributed by atoms with Gasteiger partial charge in [-0.3, -0.25) is 9.69 Å². The van der Waals surface area contributed by atoms with Crippen molar-refractivity contribution < 1.29 is 27.8 Å². The molecule has 0 aliphatic carbocycles. The lowest BCUT2D eigenvalue weighted by atomic mass is 9.94. The number of halogens is 3. The maximum atomic E-state index is 17.1. The Morgan fingerprint density at radius 3 is 2.75 bits per heavy atom. The Balaban J connectivity index is 1.45. The minimum Gasteiger partial charge on any atom is -0.508 e. The molecule has 9 nitrogen and oxygen atoms in total. The van der Waals surface area contributed by atoms with Crippen molar-refractivity contribution >= 4 is 33.4 Å². The van der Waals surface area contributed by atoms with Gasteiger partial charge in [-0.2, -0.15) is 9.97 Å². The molecule has 250 valence electrons. The van der Waals surface area contributed by atoms with E-state index in [4.69, 9.17) is 15.5 Å². The van der Waals surface area contributed by atoms with Crippen molar-refractivity contribution in [3.05, 3.63) is 47.2 Å². The minimum absolute atomic E-state index is 0.102. The van der Waals surface area contributed by atoms with Gasteiger partial charge < -0.3 is 20.5 Å². The molecule has 12 heteroatoms. The van der Waals surface area contributed by atoms with Gasteiger partial charge in [-0.15, -0.1) is 0 Å². The Bertz CT molecular complexity index is 2010. The van der Waals surface area contributed by atoms with Crippen LogP contribution in [-0.4, -0.2) is 75.4 Å². The number of phenolic OH excluding ortho intramolecular Hbond substituents is 1. The standard InChI is InChI=1S/C36H37F3N6O3/c1-3-7-27-29-32(30(39)31(41-27)25-15-23(46)14-20-9-10-26(38)24(4-2)28(20)25)42-35(43-34(29)44-12-5-8-21(17-44)33(40)47)48-19-36-11-6-13-45(36)18-22(37)16-36/h9-10,14-15,21-22,46H,4-6,8,11-13,16-19H2,1-2H3,(H2,40,47)/t21?,22-,36+/m1/s1. The van der Waals surface area contributed by atoms with Gasteiger partial charge >= 0.3 is 6.01 Å². The number of alkyl halides is 1. The van der Waals surface area contributed by atoms with E-state index in [9.17, 15) is 14.3 Å². The Morgan fingerprint density at radius 1 is 1.15 bits per heavy atom. The molecule has 1 amide bonds. The smallest absolute Gasteiger partial charge is 0.319 e. The first-order valence-electron chi connectivity index (χ1n) is 16.5. The second-order valence-electron chi connectivity index (χ2n) is 13.1. The zero-order chi connectivity index (χ0) is 33.7. The molecule has 3 atom stereocenters. The molecular formula is C36H37F3N6O3. The number of phenols is 1. The highest BCUT2D eigenvalue weighted by Crippen LogP contribution is 2.42. The second kappa shape index (κ2) is 12.4. The van der Waals surface area contributed by atoms with Crippen LogP contribution in [0.1, 0.15) is 57.2 Å². The number of nitrogens with two attached hydrogens (primary N) is 1. The molecule has 3 aliphatic heterocycles. The number of primary amides is 1. The van der Waals surface area contributed by atoms with Crippen molar-refractivity contribution in [1.82, 2.24) is 19.9 Å². The first-order valence-corrected chi connectivity index (χ1v) is 16.5. The average molecular weight is 659 g/mol. The van der Waals surface area contributed by atoms with E-state index in [1.54, 1.807) is 13.8 Å². The quantitative estimate of drug-likeness (QED) is 0.253. The minimum atomic E-state index is -0.961. The Morgan fingerprint density at radius 2 is 1.98 bits per heavy atom. The van der Waals surface area contributed by atoms with Gasteiger partial charge in [-0.05, 0) is 86.0 Å². The summed E-state index contributed by atoms with van der Waals surface area (Å²) in [6.07, 6.45) is 2.63. The summed E-state index contributed by atoms with van der Waals surface area (Å²) in [7, 11) is 0. The number of carbonyl (C=O) groups excluding carboxylic acids is 1. The van der Waals surface area contributed by atoms with Gasteiger partial charge in [-0.25, -0.2) is 18.2 Å². The van der Waals surface area contributed by atoms with Crippen LogP contribution in [-0.2, 0) is 11.2 Å². The molecule has 3 fully saturated rings. The van der Waals surface area contributed by atoms with E-state index in [1.165, 1.54) is 24.3 Å². The predicted octanol–water partition coefficient (Wildman–Crippen LogP) is 5.42. The number of hydrogen-bond donors (Lipinski definition) is 2. The molecule has 2 aromatic carbocycles. The van der Waals surface area contributed by atoms with Crippen molar-refractivity contribution in [1.29, 1.82) is 0 Å². The van der Waals surface area contributed by atoms with Crippen LogP contribution in [0.5, 0.6) is 11.8 Å². The third-order valence-corrected chi connectivity index (χ3v) is 10.1. The molecule has 0 spiro atoms. The molecule has 3 aliphatic rings. The van der Waals surface area contributed by atoms with Gasteiger partial charge in [0.2, 0.25) is 5.91 Å². The van der Waals surface area contributed by atoms with Crippen LogP contribution in [0.15, 0.2) is 24.3 Å². The van der Waals surface area contributed by atoms with Crippen LogP contribution < -0.4 is 15.4 Å². The highest BCUT2D eigenvalue weighted by molar-refractivity contribution is 6.03. The number of aryl methyl sites for hydroxylation is 1. The van der Waals surface area contributed by atoms with E-state index in [2.05, 4.69) is 26.7 Å². The number of aromatic nitrogens is 3. The molecular weight excluding hydrogens is 621 g/mol. The van der Waals surface area contributed by atoms with E-state index in [1.807, 2.05) is 4.90 Å². The number of aromatic hydroxyl groups is 1. The number of fused-ring (bicyclic) bond motifs is 3. The number of pyridine rings is 1. The molecule has 0 saturated carbocycles. The van der Waals surface area contributed by atoms with Gasteiger partial charge in [0.25, 0.3) is 0 Å². The lowest BCUT2D eigenvalue weighted by Crippen LogP contribution is -2.43. The maximum absolute atomic E-state index is 17.1. The van der Waals surface area contributed by atoms with Crippen LogP contribution in [0.4, 0.5) is 19.0 Å². The summed E-state index contributed by atoms with van der Waals surface area (Å²) in [5.74, 6) is 3.83. The van der Waals surface area contributed by atoms with E-state index in [-0.39, 0.29) is 52.8 Å². The van der Waals surface area contributed by atoms with Gasteiger partial charge in [0.05, 0.1) is 16.8 Å². The fourth-order valence-corrected chi connectivity index (χ4v) is 7.90. The van der Waals surface area contributed by atoms with Gasteiger partial charge in [0.1, 0.15) is 47.1 Å². The number of anilines is 1. The Labute approximate surface area is 276 Å². The number of amides is 1. The summed E-state index contributed by atoms with van der Waals surface area (Å²) >= 11 is 0. The Kier molecular flexibility index (Phi) is 8.27. The normalized spacial score (nSPS) is 22.6. The van der Waals surface area contributed by atoms with E-state index >= 15 is 8.78 Å². The summed E-state index contributed by atoms with van der Waals surface area (Å²) < 4.78 is 53.0. The lowest BCUT2D eigenvalue weighted by Gasteiger charge is -2.33. The highest BCUT2D eigenvalue weighted by Gasteiger charge is 2.49. The average Bonchev–Trinajstić information content (AvgIpc) is 3.60. The third-order valence-electron chi connectivity index (χ3n) is 10.1. The first-order chi connectivity index (χ1) is 23.1. The van der Waals surface area contributed by atoms with Gasteiger partial charge in [0, 0.05) is 31.6 Å². The van der Waals surface area contributed by atoms with Crippen molar-refractivity contribution in [2.75, 3.05) is 37.7 Å². The molecule has 48 heavy (non-hydrogen) atoms. The van der Waals surface area contributed by atoms with Crippen LogP contribution in [0, 0.1) is 29.4 Å². The van der Waals surface area contributed by atoms with Crippen molar-refractivity contribution in [2.24, 2.45) is 11.7 Å². The van der Waals surface area contributed by atoms with Crippen LogP contribution in [0.25, 0.3) is 32.9 Å². The number of benzene rings is 2. The van der Waals surface area contributed by atoms with Crippen LogP contribution in [0.2, 0.25) is 0 Å². The Hall–Kier alpha value is -4.63. The monoisotopic (exact) mass is 658 g/mol. The predicted molar refractivity (Wildman–Crippen MR) is 176 cm³/mol. The fraction of sp³-hybridized carbons (Fsp3) is 0.444. The molecule has 4 aromatic rings. The van der Waals surface area contributed by atoms with Crippen molar-refractivity contribution in [3.8, 4) is 34.9 Å². The molecule has 7 rings (SSSR count). The van der Waals surface area contributed by atoms with Gasteiger partial charge in [0.15, 0.2) is 5.82 Å². The molecule has 1 unspecified atom stereocenters. The van der Waals surface area contributed by atoms with Gasteiger partial charge in [-0.1, -0.05) is 18.9 Å². The maximum Gasteiger partial charge on any atom is 0.319 e. The topological polar surface area (TPSA) is 118 Å². The van der Waals surface area contributed by atoms with E-state index < -0.39 is 35.2 Å². The molecule has 0 radical (unpaired) electrons. The third kappa shape index (κ3) is 5.44. The molecule has 0 bridgehead atoms. The number of rotatable bonds is 7. The molecule has 2 aromatic heterocycles. The summed E-state index contributed by atoms with van der Waals surface area (Å²) in [4.78, 5) is 30.2. The van der Waals surface area contributed by atoms with E-state index in [0.717, 1.165) is 19.4 Å². The number of ether oxygens (including phenoxy) is 1. The number of carbonyl (C=O) groups is 1. The zero-order valence-corrected chi connectivity index (χ0v) is 27.0. The largest absolute Gasteiger partial charge is 0.508 e. The first kappa shape index (κ1) is 31.9. The highest BCUT2D eigenvalue weighted by atomic mass is 19.1. The molecule has 3 saturated heterocycles. The van der Waals surface area contributed by atoms with Crippen LogP contribution >= 0.6 is 0 Å². The van der Waals surface area contributed by atoms with Crippen molar-refractivity contribution in [2.45, 2.75) is 64.1 Å². The summed E-state index contributed by atoms with van der Waals surface area (Å²) in [5.41, 5.74) is 5.64. The second-order valence-corrected chi connectivity index (χ2v) is 13.1. The van der Waals surface area contributed by atoms with E-state index in [0.29, 0.717) is 60.9 Å². The van der Waals surface area contributed by atoms with Crippen molar-refractivity contribution in [3.63, 3.8) is 0 Å². The SMILES string of the molecule is CC#Cc1nc(-c2cc(O)cc3ccc(F)c(CC)c23)c(F)c2nc(OC[C@@]34CCCN3C[C@H](F)C4)nc(N3CCCC(C(N)=O)C3)c12. The van der Waals surface area contributed by atoms with Crippen LogP contribution in [0.3, 0.4) is 0 Å². The number of nitrogens with zero attached hydrogens (tertiary/aromatic N) is 5. The number of hydrogen-bond acceptors (Lipinski definition) is 8. The summed E-state index contributed by atoms with van der Waals surface area (Å²) in [6, 6.07) is 5.62. The fourth-order valence-electron chi connectivity index (χ4n) is 7.90. The molecule has 5 heterocycles. The summed E-state index contributed by atoms with van der Waals surface area (Å²) in [5, 5.41) is 11.9. The zero-order valence-electron chi connectivity index (χ0n) is 27.0.